The fraction of sp³-hybridized carbons (Fsp3) is 0.864. The van der Waals surface area contributed by atoms with Crippen molar-refractivity contribution in [2.24, 2.45) is 17.3 Å². The van der Waals surface area contributed by atoms with E-state index >= 15 is 0 Å². The molecule has 0 unspecified atom stereocenters. The fourth-order valence-electron chi connectivity index (χ4n) is 4.09. The van der Waals surface area contributed by atoms with Gasteiger partial charge < -0.3 is 15.3 Å². The molecule has 4 heteroatoms. The van der Waals surface area contributed by atoms with Crippen LogP contribution < -0.4 is 0 Å². The van der Waals surface area contributed by atoms with Gasteiger partial charge in [-0.3, -0.25) is 4.79 Å². The van der Waals surface area contributed by atoms with E-state index in [-0.39, 0.29) is 36.1 Å². The van der Waals surface area contributed by atoms with Crippen molar-refractivity contribution in [3.63, 3.8) is 0 Å². The highest BCUT2D eigenvalue weighted by Crippen LogP contribution is 2.35. The van der Waals surface area contributed by atoms with Crippen LogP contribution in [0.2, 0.25) is 0 Å². The molecule has 0 spiro atoms. The van der Waals surface area contributed by atoms with Crippen molar-refractivity contribution in [1.29, 1.82) is 0 Å². The molecule has 0 radical (unpaired) electrons. The minimum absolute atomic E-state index is 0.0834. The highest BCUT2D eigenvalue weighted by Gasteiger charge is 2.39. The molecule has 1 aliphatic rings. The molecule has 0 heterocycles. The van der Waals surface area contributed by atoms with E-state index < -0.39 is 12.2 Å². The maximum absolute atomic E-state index is 12.2. The standard InChI is InChI=1S/C22H40O4/c1-4-14-22(2,3)21(26)13-10-12-18-17(19(24)16-20(18)25)11-8-6-5-7-9-15-23/h10,12,17-18,20-21,23,25-26H,4-9,11,13-16H2,1-3H3/b12-10+/t17-,18-,20-,21-/m1/s1. The number of ketones is 1. The minimum Gasteiger partial charge on any atom is -0.396 e. The molecule has 1 fully saturated rings. The number of carbonyl (C=O) groups is 1. The number of aliphatic hydroxyl groups excluding tert-OH is 3. The summed E-state index contributed by atoms with van der Waals surface area (Å²) < 4.78 is 0. The van der Waals surface area contributed by atoms with Gasteiger partial charge in [0.15, 0.2) is 0 Å². The minimum atomic E-state index is -0.584. The molecule has 1 saturated carbocycles. The second-order valence-corrected chi connectivity index (χ2v) is 8.62. The van der Waals surface area contributed by atoms with Gasteiger partial charge in [-0.15, -0.1) is 0 Å². The summed E-state index contributed by atoms with van der Waals surface area (Å²) in [6.07, 6.45) is 11.6. The SMILES string of the molecule is CCCC(C)(C)[C@H](O)C/C=C/[C@H]1[C@H](O)CC(=O)[C@@H]1CCCCCCCO. The van der Waals surface area contributed by atoms with Gasteiger partial charge in [-0.2, -0.15) is 0 Å². The molecule has 4 atom stereocenters. The summed E-state index contributed by atoms with van der Waals surface area (Å²) in [4.78, 5) is 12.2. The number of hydrogen-bond donors (Lipinski definition) is 3. The lowest BCUT2D eigenvalue weighted by atomic mass is 9.80. The molecule has 26 heavy (non-hydrogen) atoms. The van der Waals surface area contributed by atoms with Gasteiger partial charge in [0.2, 0.25) is 0 Å². The van der Waals surface area contributed by atoms with Crippen LogP contribution in [0.1, 0.15) is 85.0 Å². The predicted molar refractivity (Wildman–Crippen MR) is 106 cm³/mol. The molecule has 1 aliphatic carbocycles. The van der Waals surface area contributed by atoms with Gasteiger partial charge in [-0.25, -0.2) is 0 Å². The molecule has 0 aromatic carbocycles. The lowest BCUT2D eigenvalue weighted by Crippen LogP contribution is -2.28. The topological polar surface area (TPSA) is 77.8 Å². The van der Waals surface area contributed by atoms with Crippen LogP contribution in [0.4, 0.5) is 0 Å². The van der Waals surface area contributed by atoms with E-state index in [0.717, 1.165) is 51.4 Å². The zero-order chi connectivity index (χ0) is 19.6. The fourth-order valence-corrected chi connectivity index (χ4v) is 4.09. The van der Waals surface area contributed by atoms with E-state index in [0.29, 0.717) is 6.42 Å². The first kappa shape index (κ1) is 23.3. The molecular weight excluding hydrogens is 328 g/mol. The summed E-state index contributed by atoms with van der Waals surface area (Å²) in [5.41, 5.74) is -0.114. The zero-order valence-electron chi connectivity index (χ0n) is 17.0. The maximum atomic E-state index is 12.2. The monoisotopic (exact) mass is 368 g/mol. The van der Waals surface area contributed by atoms with Crippen LogP contribution >= 0.6 is 0 Å². The van der Waals surface area contributed by atoms with Crippen molar-refractivity contribution in [3.8, 4) is 0 Å². The average molecular weight is 369 g/mol. The molecule has 0 saturated heterocycles. The van der Waals surface area contributed by atoms with Gasteiger partial charge in [0, 0.05) is 24.9 Å². The van der Waals surface area contributed by atoms with Gasteiger partial charge in [0.05, 0.1) is 12.2 Å². The Hall–Kier alpha value is -0.710. The van der Waals surface area contributed by atoms with Crippen LogP contribution in [0.15, 0.2) is 12.2 Å². The Morgan fingerprint density at radius 2 is 1.85 bits per heavy atom. The number of unbranched alkanes of at least 4 members (excludes halogenated alkanes) is 4. The Labute approximate surface area is 159 Å². The normalized spacial score (nSPS) is 25.3. The Kier molecular flexibility index (Phi) is 10.7. The molecule has 0 amide bonds. The first-order chi connectivity index (χ1) is 12.3. The van der Waals surface area contributed by atoms with Gasteiger partial charge in [-0.05, 0) is 31.1 Å². The lowest BCUT2D eigenvalue weighted by Gasteiger charge is -2.29. The van der Waals surface area contributed by atoms with Crippen molar-refractivity contribution in [2.75, 3.05) is 6.61 Å². The number of aliphatic hydroxyl groups is 3. The number of rotatable bonds is 13. The molecule has 1 rings (SSSR count). The zero-order valence-corrected chi connectivity index (χ0v) is 17.0. The van der Waals surface area contributed by atoms with Crippen LogP contribution in [0.5, 0.6) is 0 Å². The Morgan fingerprint density at radius 1 is 1.19 bits per heavy atom. The smallest absolute Gasteiger partial charge is 0.139 e. The Morgan fingerprint density at radius 3 is 2.50 bits per heavy atom. The molecule has 0 aromatic heterocycles. The average Bonchev–Trinajstić information content (AvgIpc) is 2.84. The highest BCUT2D eigenvalue weighted by atomic mass is 16.3. The Bertz CT molecular complexity index is 430. The quantitative estimate of drug-likeness (QED) is 0.339. The Balaban J connectivity index is 2.49. The number of hydrogen-bond acceptors (Lipinski definition) is 4. The van der Waals surface area contributed by atoms with E-state index in [1.54, 1.807) is 0 Å². The van der Waals surface area contributed by atoms with Gasteiger partial charge in [0.1, 0.15) is 5.78 Å². The first-order valence-corrected chi connectivity index (χ1v) is 10.5. The first-order valence-electron chi connectivity index (χ1n) is 10.5. The van der Waals surface area contributed by atoms with E-state index in [9.17, 15) is 15.0 Å². The number of Topliss-reactive ketones (excluding diaryl/α,β-unsaturated/α-hetero) is 1. The van der Waals surface area contributed by atoms with Crippen molar-refractivity contribution < 1.29 is 20.1 Å². The van der Waals surface area contributed by atoms with Gasteiger partial charge in [-0.1, -0.05) is 65.0 Å². The largest absolute Gasteiger partial charge is 0.396 e. The second-order valence-electron chi connectivity index (χ2n) is 8.62. The van der Waals surface area contributed by atoms with Crippen LogP contribution in [-0.4, -0.2) is 39.9 Å². The van der Waals surface area contributed by atoms with E-state index in [4.69, 9.17) is 5.11 Å². The summed E-state index contributed by atoms with van der Waals surface area (Å²) in [5, 5.41) is 29.5. The molecule has 0 bridgehead atoms. The summed E-state index contributed by atoms with van der Waals surface area (Å²) in [7, 11) is 0. The molecule has 0 aromatic rings. The van der Waals surface area contributed by atoms with Crippen molar-refractivity contribution in [3.05, 3.63) is 12.2 Å². The van der Waals surface area contributed by atoms with E-state index in [1.807, 2.05) is 12.2 Å². The van der Waals surface area contributed by atoms with Crippen molar-refractivity contribution in [2.45, 2.75) is 97.2 Å². The van der Waals surface area contributed by atoms with Crippen LogP contribution in [0.3, 0.4) is 0 Å². The van der Waals surface area contributed by atoms with Gasteiger partial charge >= 0.3 is 0 Å². The van der Waals surface area contributed by atoms with E-state index in [2.05, 4.69) is 20.8 Å². The lowest BCUT2D eigenvalue weighted by molar-refractivity contribution is -0.121. The molecule has 3 N–H and O–H groups in total. The van der Waals surface area contributed by atoms with Crippen LogP contribution in [-0.2, 0) is 4.79 Å². The molecule has 152 valence electrons. The van der Waals surface area contributed by atoms with Gasteiger partial charge in [0.25, 0.3) is 0 Å². The predicted octanol–water partition coefficient (Wildman–Crippen LogP) is 4.02. The molecular formula is C22H40O4. The molecule has 4 nitrogen and oxygen atoms in total. The molecule has 0 aliphatic heterocycles. The second kappa shape index (κ2) is 11.9. The highest BCUT2D eigenvalue weighted by molar-refractivity contribution is 5.84. The van der Waals surface area contributed by atoms with Crippen molar-refractivity contribution in [1.82, 2.24) is 0 Å². The van der Waals surface area contributed by atoms with Crippen LogP contribution in [0, 0.1) is 17.3 Å². The summed E-state index contributed by atoms with van der Waals surface area (Å²) >= 11 is 0. The number of carbonyl (C=O) groups excluding carboxylic acids is 1. The third-order valence-corrected chi connectivity index (χ3v) is 5.92. The third kappa shape index (κ3) is 7.50. The summed E-state index contributed by atoms with van der Waals surface area (Å²) in [6.45, 7) is 6.55. The summed E-state index contributed by atoms with van der Waals surface area (Å²) in [5.74, 6) is -0.0179. The summed E-state index contributed by atoms with van der Waals surface area (Å²) in [6, 6.07) is 0. The van der Waals surface area contributed by atoms with Crippen LogP contribution in [0.25, 0.3) is 0 Å². The van der Waals surface area contributed by atoms with E-state index in [1.165, 1.54) is 0 Å². The third-order valence-electron chi connectivity index (χ3n) is 5.92. The van der Waals surface area contributed by atoms with Crippen molar-refractivity contribution >= 4 is 5.78 Å². The maximum Gasteiger partial charge on any atom is 0.139 e.